The summed E-state index contributed by atoms with van der Waals surface area (Å²) in [5.74, 6) is 0.703. The second-order valence-electron chi connectivity index (χ2n) is 7.86. The summed E-state index contributed by atoms with van der Waals surface area (Å²) < 4.78 is 1.74. The molecule has 6 nitrogen and oxygen atoms in total. The van der Waals surface area contributed by atoms with Crippen LogP contribution in [0.15, 0.2) is 36.7 Å². The van der Waals surface area contributed by atoms with Crippen LogP contribution in [0.5, 0.6) is 0 Å². The van der Waals surface area contributed by atoms with E-state index < -0.39 is 0 Å². The number of carbonyl (C=O) groups is 1. The molecule has 28 heavy (non-hydrogen) atoms. The van der Waals surface area contributed by atoms with Crippen molar-refractivity contribution in [1.82, 2.24) is 24.9 Å². The van der Waals surface area contributed by atoms with Crippen LogP contribution in [-0.2, 0) is 16.6 Å². The standard InChI is InChI=1S/C22H27N5O/c1-16-19(17(2)27-21(26-16)24-15-25-27)10-11-20(28)23-14-22(12-6-7-13-22)18-8-4-3-5-9-18/h3-5,8-9,15H,6-7,10-14H2,1-2H3,(H,23,28). The van der Waals surface area contributed by atoms with Gasteiger partial charge >= 0.3 is 0 Å². The molecule has 1 amide bonds. The summed E-state index contributed by atoms with van der Waals surface area (Å²) in [6.45, 7) is 4.69. The summed E-state index contributed by atoms with van der Waals surface area (Å²) in [4.78, 5) is 21.3. The van der Waals surface area contributed by atoms with E-state index in [9.17, 15) is 4.79 Å². The first-order chi connectivity index (χ1) is 13.6. The second-order valence-corrected chi connectivity index (χ2v) is 7.86. The zero-order valence-electron chi connectivity index (χ0n) is 16.6. The average Bonchev–Trinajstić information content (AvgIpc) is 3.37. The molecule has 3 aromatic rings. The van der Waals surface area contributed by atoms with Gasteiger partial charge in [0, 0.05) is 29.8 Å². The van der Waals surface area contributed by atoms with Crippen LogP contribution in [-0.4, -0.2) is 32.0 Å². The highest BCUT2D eigenvalue weighted by molar-refractivity contribution is 5.76. The summed E-state index contributed by atoms with van der Waals surface area (Å²) in [5, 5.41) is 7.43. The molecule has 6 heteroatoms. The fourth-order valence-electron chi connectivity index (χ4n) is 4.52. The summed E-state index contributed by atoms with van der Waals surface area (Å²) in [6, 6.07) is 10.6. The van der Waals surface area contributed by atoms with Crippen LogP contribution >= 0.6 is 0 Å². The summed E-state index contributed by atoms with van der Waals surface area (Å²) >= 11 is 0. The van der Waals surface area contributed by atoms with Crippen LogP contribution in [0, 0.1) is 13.8 Å². The molecule has 146 valence electrons. The number of nitrogens with one attached hydrogen (secondary N) is 1. The van der Waals surface area contributed by atoms with Gasteiger partial charge in [-0.1, -0.05) is 43.2 Å². The number of aryl methyl sites for hydroxylation is 2. The van der Waals surface area contributed by atoms with Gasteiger partial charge in [0.05, 0.1) is 0 Å². The number of amides is 1. The highest BCUT2D eigenvalue weighted by Gasteiger charge is 2.35. The smallest absolute Gasteiger partial charge is 0.252 e. The summed E-state index contributed by atoms with van der Waals surface area (Å²) in [5.41, 5.74) is 4.43. The van der Waals surface area contributed by atoms with E-state index in [0.717, 1.165) is 29.8 Å². The maximum Gasteiger partial charge on any atom is 0.252 e. The Balaban J connectivity index is 1.41. The first kappa shape index (κ1) is 18.6. The van der Waals surface area contributed by atoms with Crippen LogP contribution in [0.4, 0.5) is 0 Å². The Hall–Kier alpha value is -2.76. The molecule has 4 rings (SSSR count). The topological polar surface area (TPSA) is 72.2 Å². The van der Waals surface area contributed by atoms with Crippen molar-refractivity contribution >= 4 is 11.7 Å². The Labute approximate surface area is 165 Å². The second kappa shape index (κ2) is 7.70. The zero-order chi connectivity index (χ0) is 19.6. The van der Waals surface area contributed by atoms with Crippen LogP contribution in [0.25, 0.3) is 5.78 Å². The van der Waals surface area contributed by atoms with E-state index in [1.54, 1.807) is 4.52 Å². The third-order valence-electron chi connectivity index (χ3n) is 6.16. The van der Waals surface area contributed by atoms with Crippen LogP contribution in [0.1, 0.15) is 54.6 Å². The van der Waals surface area contributed by atoms with Gasteiger partial charge in [0.2, 0.25) is 5.91 Å². The molecule has 0 aliphatic heterocycles. The minimum absolute atomic E-state index is 0.0873. The van der Waals surface area contributed by atoms with Gasteiger partial charge in [0.15, 0.2) is 0 Å². The lowest BCUT2D eigenvalue weighted by Crippen LogP contribution is -2.39. The fraction of sp³-hybridized carbons (Fsp3) is 0.455. The van der Waals surface area contributed by atoms with Gasteiger partial charge in [0.25, 0.3) is 5.78 Å². The van der Waals surface area contributed by atoms with Crippen molar-refractivity contribution in [2.75, 3.05) is 6.54 Å². The summed E-state index contributed by atoms with van der Waals surface area (Å²) in [7, 11) is 0. The third-order valence-corrected chi connectivity index (χ3v) is 6.16. The van der Waals surface area contributed by atoms with E-state index in [1.807, 2.05) is 13.8 Å². The van der Waals surface area contributed by atoms with Crippen molar-refractivity contribution in [1.29, 1.82) is 0 Å². The lowest BCUT2D eigenvalue weighted by atomic mass is 9.79. The number of benzene rings is 1. The highest BCUT2D eigenvalue weighted by Crippen LogP contribution is 2.40. The van der Waals surface area contributed by atoms with Crippen molar-refractivity contribution in [3.63, 3.8) is 0 Å². The largest absolute Gasteiger partial charge is 0.355 e. The molecule has 0 spiro atoms. The molecule has 1 saturated carbocycles. The summed E-state index contributed by atoms with van der Waals surface area (Å²) in [6.07, 6.45) is 7.36. The number of hydrogen-bond acceptors (Lipinski definition) is 4. The fourth-order valence-corrected chi connectivity index (χ4v) is 4.52. The van der Waals surface area contributed by atoms with E-state index in [-0.39, 0.29) is 11.3 Å². The van der Waals surface area contributed by atoms with Crippen molar-refractivity contribution in [2.24, 2.45) is 0 Å². The number of rotatable bonds is 6. The van der Waals surface area contributed by atoms with Crippen molar-refractivity contribution in [3.8, 4) is 0 Å². The first-order valence-corrected chi connectivity index (χ1v) is 10.1. The Morgan fingerprint density at radius 3 is 2.68 bits per heavy atom. The first-order valence-electron chi connectivity index (χ1n) is 10.1. The van der Waals surface area contributed by atoms with Gasteiger partial charge < -0.3 is 5.32 Å². The van der Waals surface area contributed by atoms with Crippen LogP contribution in [0.2, 0.25) is 0 Å². The lowest BCUT2D eigenvalue weighted by molar-refractivity contribution is -0.121. The van der Waals surface area contributed by atoms with E-state index in [1.165, 1.54) is 24.7 Å². The molecule has 0 radical (unpaired) electrons. The Bertz CT molecular complexity index is 973. The third kappa shape index (κ3) is 3.51. The number of carbonyl (C=O) groups excluding carboxylic acids is 1. The predicted octanol–water partition coefficient (Wildman–Crippen LogP) is 3.30. The molecule has 1 fully saturated rings. The lowest BCUT2D eigenvalue weighted by Gasteiger charge is -2.30. The molecule has 0 bridgehead atoms. The molecule has 1 aromatic carbocycles. The molecule has 0 unspecified atom stereocenters. The van der Waals surface area contributed by atoms with E-state index in [0.29, 0.717) is 25.2 Å². The van der Waals surface area contributed by atoms with Crippen LogP contribution in [0.3, 0.4) is 0 Å². The minimum atomic E-state index is 0.0873. The van der Waals surface area contributed by atoms with Crippen molar-refractivity contribution < 1.29 is 4.79 Å². The average molecular weight is 377 g/mol. The molecule has 2 heterocycles. The van der Waals surface area contributed by atoms with Crippen molar-refractivity contribution in [3.05, 3.63) is 59.2 Å². The van der Waals surface area contributed by atoms with Gasteiger partial charge in [-0.25, -0.2) is 9.50 Å². The molecule has 1 aliphatic carbocycles. The van der Waals surface area contributed by atoms with E-state index in [2.05, 4.69) is 50.7 Å². The maximum atomic E-state index is 12.6. The highest BCUT2D eigenvalue weighted by atomic mass is 16.1. The normalized spacial score (nSPS) is 15.8. The molecule has 0 saturated heterocycles. The quantitative estimate of drug-likeness (QED) is 0.715. The van der Waals surface area contributed by atoms with Gasteiger partial charge in [-0.2, -0.15) is 10.1 Å². The number of fused-ring (bicyclic) bond motifs is 1. The van der Waals surface area contributed by atoms with Crippen molar-refractivity contribution in [2.45, 2.75) is 57.8 Å². The molecular formula is C22H27N5O. The minimum Gasteiger partial charge on any atom is -0.355 e. The molecule has 1 N–H and O–H groups in total. The van der Waals surface area contributed by atoms with E-state index in [4.69, 9.17) is 0 Å². The van der Waals surface area contributed by atoms with Gasteiger partial charge in [0.1, 0.15) is 6.33 Å². The SMILES string of the molecule is Cc1nc2ncnn2c(C)c1CCC(=O)NCC1(c2ccccc2)CCCC1. The maximum absolute atomic E-state index is 12.6. The molecule has 1 aliphatic rings. The van der Waals surface area contributed by atoms with Gasteiger partial charge in [-0.3, -0.25) is 4.79 Å². The molecular weight excluding hydrogens is 350 g/mol. The predicted molar refractivity (Wildman–Crippen MR) is 108 cm³/mol. The molecule has 2 aromatic heterocycles. The Morgan fingerprint density at radius 2 is 1.93 bits per heavy atom. The van der Waals surface area contributed by atoms with Gasteiger partial charge in [-0.15, -0.1) is 0 Å². The van der Waals surface area contributed by atoms with E-state index >= 15 is 0 Å². The number of aromatic nitrogens is 4. The van der Waals surface area contributed by atoms with Crippen LogP contribution < -0.4 is 5.32 Å². The Morgan fingerprint density at radius 1 is 1.18 bits per heavy atom. The monoisotopic (exact) mass is 377 g/mol. The number of nitrogens with zero attached hydrogens (tertiary/aromatic N) is 4. The van der Waals surface area contributed by atoms with Gasteiger partial charge in [-0.05, 0) is 44.2 Å². The number of hydrogen-bond donors (Lipinski definition) is 1. The molecule has 0 atom stereocenters. The zero-order valence-corrected chi connectivity index (χ0v) is 16.6. The Kier molecular flexibility index (Phi) is 5.11.